The molecule has 2 aromatic rings. The largest absolute Gasteiger partial charge is 0.493 e. The van der Waals surface area contributed by atoms with Gasteiger partial charge in [-0.3, -0.25) is 0 Å². The highest BCUT2D eigenvalue weighted by Crippen LogP contribution is 2.34. The van der Waals surface area contributed by atoms with E-state index in [1.54, 1.807) is 14.2 Å². The molecule has 2 atom stereocenters. The maximum atomic E-state index is 5.70. The summed E-state index contributed by atoms with van der Waals surface area (Å²) in [6.07, 6.45) is 1.04. The van der Waals surface area contributed by atoms with Crippen molar-refractivity contribution in [2.75, 3.05) is 34.4 Å². The Hall–Kier alpha value is -2.11. The van der Waals surface area contributed by atoms with Crippen LogP contribution in [-0.2, 0) is 0 Å². The number of hydrogen-bond acceptors (Lipinski definition) is 4. The fourth-order valence-corrected chi connectivity index (χ4v) is 3.95. The van der Waals surface area contributed by atoms with Crippen LogP contribution < -0.4 is 14.8 Å². The number of nitrogens with zero attached hydrogens (tertiary/aromatic N) is 1. The zero-order valence-electron chi connectivity index (χ0n) is 16.5. The Morgan fingerprint density at radius 3 is 2.44 bits per heavy atom. The summed E-state index contributed by atoms with van der Waals surface area (Å²) in [5.74, 6) is 1.85. The van der Waals surface area contributed by atoms with Gasteiger partial charge in [-0.05, 0) is 44.6 Å². The van der Waals surface area contributed by atoms with E-state index in [4.69, 9.17) is 21.7 Å². The minimum absolute atomic E-state index is 0.285. The van der Waals surface area contributed by atoms with Gasteiger partial charge < -0.3 is 19.7 Å². The number of nitrogens with one attached hydrogen (secondary N) is 1. The molecule has 27 heavy (non-hydrogen) atoms. The number of likely N-dealkylation sites (tertiary alicyclic amines) is 1. The molecule has 4 nitrogen and oxygen atoms in total. The van der Waals surface area contributed by atoms with E-state index in [1.807, 2.05) is 6.07 Å². The van der Waals surface area contributed by atoms with E-state index >= 15 is 0 Å². The Labute approximate surface area is 167 Å². The van der Waals surface area contributed by atoms with Crippen LogP contribution in [0.4, 0.5) is 0 Å². The van der Waals surface area contributed by atoms with E-state index in [0.29, 0.717) is 5.92 Å². The molecule has 1 aliphatic heterocycles. The van der Waals surface area contributed by atoms with Crippen LogP contribution in [0.25, 0.3) is 0 Å². The molecule has 0 aromatic heterocycles. The monoisotopic (exact) mass is 384 g/mol. The zero-order valence-corrected chi connectivity index (χ0v) is 17.3. The maximum absolute atomic E-state index is 5.70. The van der Waals surface area contributed by atoms with Gasteiger partial charge in [0, 0.05) is 24.1 Å². The van der Waals surface area contributed by atoms with Crippen molar-refractivity contribution in [3.05, 3.63) is 59.2 Å². The molecule has 0 unspecified atom stereocenters. The van der Waals surface area contributed by atoms with E-state index in [1.165, 1.54) is 11.1 Å². The first-order valence-corrected chi connectivity index (χ1v) is 9.70. The minimum Gasteiger partial charge on any atom is -0.493 e. The molecule has 1 N–H and O–H groups in total. The number of methoxy groups -OCH3 is 2. The van der Waals surface area contributed by atoms with Gasteiger partial charge in [0.2, 0.25) is 0 Å². The lowest BCUT2D eigenvalue weighted by Crippen LogP contribution is -2.48. The normalized spacial score (nSPS) is 20.1. The lowest BCUT2D eigenvalue weighted by atomic mass is 9.85. The van der Waals surface area contributed by atoms with Crippen LogP contribution >= 0.6 is 12.2 Å². The average molecular weight is 385 g/mol. The Morgan fingerprint density at radius 2 is 1.78 bits per heavy atom. The molecule has 1 aliphatic rings. The van der Waals surface area contributed by atoms with Crippen LogP contribution in [0.2, 0.25) is 0 Å². The van der Waals surface area contributed by atoms with Crippen molar-refractivity contribution in [1.29, 1.82) is 0 Å². The fourth-order valence-electron chi connectivity index (χ4n) is 3.67. The van der Waals surface area contributed by atoms with E-state index in [2.05, 4.69) is 60.6 Å². The second-order valence-electron chi connectivity index (χ2n) is 7.22. The van der Waals surface area contributed by atoms with Gasteiger partial charge in [0.05, 0.1) is 14.2 Å². The molecule has 0 radical (unpaired) electrons. The predicted molar refractivity (Wildman–Crippen MR) is 114 cm³/mol. The number of rotatable bonds is 5. The molecule has 0 amide bonds. The number of benzene rings is 2. The summed E-state index contributed by atoms with van der Waals surface area (Å²) >= 11 is 5.70. The van der Waals surface area contributed by atoms with Crippen molar-refractivity contribution in [3.8, 4) is 11.5 Å². The lowest BCUT2D eigenvalue weighted by Gasteiger charge is -2.38. The number of aryl methyl sites for hydroxylation is 1. The molecule has 0 saturated carbocycles. The second kappa shape index (κ2) is 8.72. The second-order valence-corrected chi connectivity index (χ2v) is 7.63. The van der Waals surface area contributed by atoms with Crippen molar-refractivity contribution in [2.24, 2.45) is 0 Å². The van der Waals surface area contributed by atoms with Gasteiger partial charge in [0.15, 0.2) is 11.5 Å². The SMILES string of the molecule is COc1ccc([C@H]2CN(C)CC[C@H]2NC(=S)c2ccc(C)cc2)cc1OC. The fraction of sp³-hybridized carbons (Fsp3) is 0.409. The smallest absolute Gasteiger partial charge is 0.160 e. The van der Waals surface area contributed by atoms with Crippen LogP contribution in [0.15, 0.2) is 42.5 Å². The van der Waals surface area contributed by atoms with Gasteiger partial charge in [0.25, 0.3) is 0 Å². The third-order valence-electron chi connectivity index (χ3n) is 5.28. The van der Waals surface area contributed by atoms with Crippen molar-refractivity contribution in [2.45, 2.75) is 25.3 Å². The first-order chi connectivity index (χ1) is 13.0. The molecular formula is C22H28N2O2S. The molecule has 1 saturated heterocycles. The molecule has 144 valence electrons. The summed E-state index contributed by atoms with van der Waals surface area (Å²) in [6.45, 7) is 4.12. The Balaban J connectivity index is 1.83. The molecule has 0 bridgehead atoms. The maximum Gasteiger partial charge on any atom is 0.160 e. The van der Waals surface area contributed by atoms with Gasteiger partial charge in [-0.1, -0.05) is 48.1 Å². The number of ether oxygens (including phenoxy) is 2. The van der Waals surface area contributed by atoms with Crippen LogP contribution in [0.1, 0.15) is 29.0 Å². The Morgan fingerprint density at radius 1 is 1.07 bits per heavy atom. The Kier molecular flexibility index (Phi) is 6.34. The molecule has 1 fully saturated rings. The number of hydrogen-bond donors (Lipinski definition) is 1. The quantitative estimate of drug-likeness (QED) is 0.794. The van der Waals surface area contributed by atoms with Crippen molar-refractivity contribution < 1.29 is 9.47 Å². The third-order valence-corrected chi connectivity index (χ3v) is 5.64. The van der Waals surface area contributed by atoms with Crippen LogP contribution in [0, 0.1) is 6.92 Å². The van der Waals surface area contributed by atoms with E-state index < -0.39 is 0 Å². The molecule has 5 heteroatoms. The van der Waals surface area contributed by atoms with Gasteiger partial charge in [0.1, 0.15) is 4.99 Å². The van der Waals surface area contributed by atoms with Crippen LogP contribution in [0.5, 0.6) is 11.5 Å². The molecular weight excluding hydrogens is 356 g/mol. The molecule has 1 heterocycles. The molecule has 3 rings (SSSR count). The standard InChI is InChI=1S/C22H28N2O2S/c1-15-5-7-16(8-6-15)22(27)23-19-11-12-24(2)14-18(19)17-9-10-20(25-3)21(13-17)26-4/h5-10,13,18-19H,11-12,14H2,1-4H3,(H,23,27)/t18-,19-/m1/s1. The summed E-state index contributed by atoms with van der Waals surface area (Å²) in [4.78, 5) is 3.18. The number of piperidine rings is 1. The molecule has 2 aromatic carbocycles. The van der Waals surface area contributed by atoms with Gasteiger partial charge >= 0.3 is 0 Å². The van der Waals surface area contributed by atoms with E-state index in [9.17, 15) is 0 Å². The summed E-state index contributed by atoms with van der Waals surface area (Å²) in [5, 5.41) is 3.62. The average Bonchev–Trinajstić information content (AvgIpc) is 2.69. The molecule has 0 spiro atoms. The van der Waals surface area contributed by atoms with E-state index in [-0.39, 0.29) is 6.04 Å². The van der Waals surface area contributed by atoms with Gasteiger partial charge in [-0.2, -0.15) is 0 Å². The highest BCUT2D eigenvalue weighted by Gasteiger charge is 2.30. The highest BCUT2D eigenvalue weighted by atomic mass is 32.1. The summed E-state index contributed by atoms with van der Waals surface area (Å²) in [6, 6.07) is 14.9. The number of likely N-dealkylation sites (N-methyl/N-ethyl adjacent to an activating group) is 1. The van der Waals surface area contributed by atoms with Crippen LogP contribution in [-0.4, -0.2) is 50.3 Å². The number of thiocarbonyl (C=S) groups is 1. The first kappa shape index (κ1) is 19.6. The predicted octanol–water partition coefficient (Wildman–Crippen LogP) is 3.77. The van der Waals surface area contributed by atoms with Crippen molar-refractivity contribution >= 4 is 17.2 Å². The minimum atomic E-state index is 0.285. The summed E-state index contributed by atoms with van der Waals surface area (Å²) < 4.78 is 10.9. The molecule has 0 aliphatic carbocycles. The third kappa shape index (κ3) is 4.60. The Bertz CT molecular complexity index is 791. The van der Waals surface area contributed by atoms with Gasteiger partial charge in [-0.15, -0.1) is 0 Å². The highest BCUT2D eigenvalue weighted by molar-refractivity contribution is 7.80. The summed E-state index contributed by atoms with van der Waals surface area (Å²) in [5.41, 5.74) is 3.55. The van der Waals surface area contributed by atoms with Crippen LogP contribution in [0.3, 0.4) is 0 Å². The topological polar surface area (TPSA) is 33.7 Å². The lowest BCUT2D eigenvalue weighted by molar-refractivity contribution is 0.218. The van der Waals surface area contributed by atoms with Crippen molar-refractivity contribution in [1.82, 2.24) is 10.2 Å². The van der Waals surface area contributed by atoms with E-state index in [0.717, 1.165) is 41.6 Å². The van der Waals surface area contributed by atoms with Crippen molar-refractivity contribution in [3.63, 3.8) is 0 Å². The van der Waals surface area contributed by atoms with Gasteiger partial charge in [-0.25, -0.2) is 0 Å². The summed E-state index contributed by atoms with van der Waals surface area (Å²) in [7, 11) is 5.51. The first-order valence-electron chi connectivity index (χ1n) is 9.30. The zero-order chi connectivity index (χ0) is 19.4.